The Kier molecular flexibility index (Phi) is 4.21. The number of aromatic amines is 1. The lowest BCUT2D eigenvalue weighted by Crippen LogP contribution is -2.22. The van der Waals surface area contributed by atoms with E-state index in [0.29, 0.717) is 11.5 Å². The summed E-state index contributed by atoms with van der Waals surface area (Å²) in [4.78, 5) is 25.7. The maximum absolute atomic E-state index is 13.0. The van der Waals surface area contributed by atoms with E-state index in [4.69, 9.17) is 0 Å². The number of anilines is 3. The van der Waals surface area contributed by atoms with Gasteiger partial charge >= 0.3 is 6.18 Å². The number of halogens is 3. The quantitative estimate of drug-likeness (QED) is 0.731. The molecule has 6 nitrogen and oxygen atoms in total. The molecule has 1 fully saturated rings. The topological polar surface area (TPSA) is 73.9 Å². The van der Waals surface area contributed by atoms with Crippen LogP contribution >= 0.6 is 0 Å². The summed E-state index contributed by atoms with van der Waals surface area (Å²) in [6.45, 7) is 1.61. The lowest BCUT2D eigenvalue weighted by molar-refractivity contribution is -0.137. The zero-order chi connectivity index (χ0) is 19.0. The minimum Gasteiger partial charge on any atom is -0.341 e. The van der Waals surface area contributed by atoms with Gasteiger partial charge in [0.1, 0.15) is 11.2 Å². The molecular formula is C18H16F3N5O. The molecule has 2 aromatic heterocycles. The lowest BCUT2D eigenvalue weighted by atomic mass is 10.2. The smallest absolute Gasteiger partial charge is 0.341 e. The van der Waals surface area contributed by atoms with Crippen molar-refractivity contribution in [3.63, 3.8) is 0 Å². The van der Waals surface area contributed by atoms with Gasteiger partial charge in [0.25, 0.3) is 5.56 Å². The number of alkyl halides is 3. The summed E-state index contributed by atoms with van der Waals surface area (Å²) < 4.78 is 38.9. The Morgan fingerprint density at radius 1 is 1.11 bits per heavy atom. The van der Waals surface area contributed by atoms with Crippen molar-refractivity contribution in [2.45, 2.75) is 19.0 Å². The number of nitrogens with one attached hydrogen (secondary N) is 2. The fraction of sp³-hybridized carbons (Fsp3) is 0.278. The highest BCUT2D eigenvalue weighted by Crippen LogP contribution is 2.32. The largest absolute Gasteiger partial charge is 0.416 e. The molecule has 0 atom stereocenters. The first-order valence-electron chi connectivity index (χ1n) is 8.50. The van der Waals surface area contributed by atoms with Crippen molar-refractivity contribution < 1.29 is 13.2 Å². The molecule has 27 heavy (non-hydrogen) atoms. The van der Waals surface area contributed by atoms with E-state index in [0.717, 1.165) is 38.1 Å². The van der Waals surface area contributed by atoms with E-state index >= 15 is 0 Å². The van der Waals surface area contributed by atoms with E-state index in [1.54, 1.807) is 6.07 Å². The van der Waals surface area contributed by atoms with E-state index in [1.165, 1.54) is 18.3 Å². The van der Waals surface area contributed by atoms with Gasteiger partial charge in [-0.25, -0.2) is 4.98 Å². The molecule has 2 N–H and O–H groups in total. The predicted octanol–water partition coefficient (Wildman–Crippen LogP) is 3.68. The second-order valence-corrected chi connectivity index (χ2v) is 6.34. The van der Waals surface area contributed by atoms with Gasteiger partial charge in [-0.1, -0.05) is 6.07 Å². The van der Waals surface area contributed by atoms with E-state index in [2.05, 4.69) is 20.3 Å². The first-order chi connectivity index (χ1) is 12.9. The minimum atomic E-state index is -4.45. The molecule has 0 bridgehead atoms. The van der Waals surface area contributed by atoms with Crippen LogP contribution in [0.15, 0.2) is 41.3 Å². The molecule has 4 rings (SSSR count). The molecule has 1 aliphatic rings. The number of aromatic nitrogens is 3. The zero-order valence-electron chi connectivity index (χ0n) is 14.2. The van der Waals surface area contributed by atoms with Gasteiger partial charge in [-0.05, 0) is 37.1 Å². The standard InChI is InChI=1S/C18H16F3N5O/c19-18(20,21)11-4-3-5-12(10-11)23-15-14-13(6-7-22-16(14)27)24-17(25-15)26-8-1-2-9-26/h3-7,10H,1-2,8-9H2,(H,22,27)(H,23,24,25). The SMILES string of the molecule is O=c1[nH]ccc2nc(N3CCCC3)nc(Nc3cccc(C(F)(F)F)c3)c12. The average molecular weight is 375 g/mol. The van der Waals surface area contributed by atoms with E-state index in [9.17, 15) is 18.0 Å². The van der Waals surface area contributed by atoms with Crippen molar-refractivity contribution in [2.75, 3.05) is 23.3 Å². The van der Waals surface area contributed by atoms with Crippen LogP contribution in [0.5, 0.6) is 0 Å². The predicted molar refractivity (Wildman–Crippen MR) is 96.3 cm³/mol. The normalized spacial score (nSPS) is 14.7. The average Bonchev–Trinajstić information content (AvgIpc) is 3.16. The van der Waals surface area contributed by atoms with Crippen molar-refractivity contribution >= 4 is 28.4 Å². The number of hydrogen-bond donors (Lipinski definition) is 2. The van der Waals surface area contributed by atoms with Crippen molar-refractivity contribution in [1.82, 2.24) is 15.0 Å². The number of nitrogens with zero attached hydrogens (tertiary/aromatic N) is 3. The van der Waals surface area contributed by atoms with Crippen LogP contribution in [-0.4, -0.2) is 28.0 Å². The van der Waals surface area contributed by atoms with E-state index < -0.39 is 17.3 Å². The summed E-state index contributed by atoms with van der Waals surface area (Å²) >= 11 is 0. The first-order valence-corrected chi connectivity index (χ1v) is 8.50. The summed E-state index contributed by atoms with van der Waals surface area (Å²) in [5, 5.41) is 3.07. The fourth-order valence-electron chi connectivity index (χ4n) is 3.14. The number of H-pyrrole nitrogens is 1. The van der Waals surface area contributed by atoms with Gasteiger partial charge in [-0.15, -0.1) is 0 Å². The summed E-state index contributed by atoms with van der Waals surface area (Å²) in [6, 6.07) is 6.43. The summed E-state index contributed by atoms with van der Waals surface area (Å²) in [5.41, 5.74) is -0.555. The monoisotopic (exact) mass is 375 g/mol. The van der Waals surface area contributed by atoms with Gasteiger partial charge in [-0.2, -0.15) is 18.2 Å². The third-order valence-corrected chi connectivity index (χ3v) is 4.45. The van der Waals surface area contributed by atoms with Gasteiger partial charge in [0, 0.05) is 25.0 Å². The Labute approximate surface area is 152 Å². The Bertz CT molecular complexity index is 1040. The Balaban J connectivity index is 1.81. The number of pyridine rings is 1. The highest BCUT2D eigenvalue weighted by atomic mass is 19.4. The highest BCUT2D eigenvalue weighted by molar-refractivity contribution is 5.91. The van der Waals surface area contributed by atoms with Crippen molar-refractivity contribution in [2.24, 2.45) is 0 Å². The lowest BCUT2D eigenvalue weighted by Gasteiger charge is -2.18. The fourth-order valence-corrected chi connectivity index (χ4v) is 3.14. The summed E-state index contributed by atoms with van der Waals surface area (Å²) in [7, 11) is 0. The van der Waals surface area contributed by atoms with Crippen LogP contribution < -0.4 is 15.8 Å². The van der Waals surface area contributed by atoms with Gasteiger partial charge in [0.05, 0.1) is 11.1 Å². The van der Waals surface area contributed by atoms with Crippen LogP contribution in [0.1, 0.15) is 18.4 Å². The molecule has 140 valence electrons. The number of rotatable bonds is 3. The summed E-state index contributed by atoms with van der Waals surface area (Å²) in [6.07, 6.45) is -0.927. The molecule has 1 saturated heterocycles. The number of benzene rings is 1. The molecule has 0 unspecified atom stereocenters. The van der Waals surface area contributed by atoms with Crippen LogP contribution in [-0.2, 0) is 6.18 Å². The van der Waals surface area contributed by atoms with Crippen molar-refractivity contribution in [1.29, 1.82) is 0 Å². The van der Waals surface area contributed by atoms with E-state index in [-0.39, 0.29) is 16.9 Å². The first kappa shape index (κ1) is 17.3. The van der Waals surface area contributed by atoms with Gasteiger partial charge in [0.2, 0.25) is 5.95 Å². The Morgan fingerprint density at radius 3 is 2.63 bits per heavy atom. The second kappa shape index (κ2) is 6.57. The molecule has 3 heterocycles. The molecule has 0 saturated carbocycles. The van der Waals surface area contributed by atoms with Crippen LogP contribution in [0.4, 0.5) is 30.6 Å². The minimum absolute atomic E-state index is 0.183. The van der Waals surface area contributed by atoms with Crippen LogP contribution in [0.3, 0.4) is 0 Å². The van der Waals surface area contributed by atoms with Gasteiger partial charge < -0.3 is 15.2 Å². The van der Waals surface area contributed by atoms with Crippen molar-refractivity contribution in [3.8, 4) is 0 Å². The number of hydrogen-bond acceptors (Lipinski definition) is 5. The number of fused-ring (bicyclic) bond motifs is 1. The molecule has 3 aromatic rings. The molecule has 0 spiro atoms. The third-order valence-electron chi connectivity index (χ3n) is 4.45. The molecule has 0 amide bonds. The van der Waals surface area contributed by atoms with Gasteiger partial charge in [0.15, 0.2) is 0 Å². The molecule has 9 heteroatoms. The molecule has 1 aromatic carbocycles. The zero-order valence-corrected chi connectivity index (χ0v) is 14.2. The van der Waals surface area contributed by atoms with Crippen LogP contribution in [0.25, 0.3) is 10.9 Å². The maximum atomic E-state index is 13.0. The van der Waals surface area contributed by atoms with Gasteiger partial charge in [-0.3, -0.25) is 4.79 Å². The Morgan fingerprint density at radius 2 is 1.89 bits per heavy atom. The Hall–Kier alpha value is -3.10. The third kappa shape index (κ3) is 3.44. The molecule has 0 radical (unpaired) electrons. The molecular weight excluding hydrogens is 359 g/mol. The molecule has 1 aliphatic heterocycles. The van der Waals surface area contributed by atoms with E-state index in [1.807, 2.05) is 4.90 Å². The molecule has 0 aliphatic carbocycles. The maximum Gasteiger partial charge on any atom is 0.416 e. The second-order valence-electron chi connectivity index (χ2n) is 6.34. The van der Waals surface area contributed by atoms with Crippen molar-refractivity contribution in [3.05, 3.63) is 52.4 Å². The van der Waals surface area contributed by atoms with Crippen LogP contribution in [0.2, 0.25) is 0 Å². The highest BCUT2D eigenvalue weighted by Gasteiger charge is 2.30. The van der Waals surface area contributed by atoms with Crippen LogP contribution in [0, 0.1) is 0 Å². The summed E-state index contributed by atoms with van der Waals surface area (Å²) in [5.74, 6) is 0.642.